The van der Waals surface area contributed by atoms with Crippen molar-refractivity contribution in [2.45, 2.75) is 6.92 Å². The standard InChI is InChI=1S/C18H21F3N6O/c1-11-22-14(25(2)3)10-15(23-11)26-6-8-27(9-7-26)18(28)24-13-5-4-12(19)16(20)17(13)21/h4-5,10H,6-9H2,1-3H3,(H,24,28). The van der Waals surface area contributed by atoms with Crippen LogP contribution in [0.15, 0.2) is 18.2 Å². The molecular formula is C18H21F3N6O. The third-order valence-corrected chi connectivity index (χ3v) is 4.44. The topological polar surface area (TPSA) is 64.6 Å². The molecule has 2 heterocycles. The summed E-state index contributed by atoms with van der Waals surface area (Å²) in [6.07, 6.45) is 0. The lowest BCUT2D eigenvalue weighted by atomic mass is 10.2. The van der Waals surface area contributed by atoms with Gasteiger partial charge in [0.05, 0.1) is 5.69 Å². The first kappa shape index (κ1) is 19.7. The van der Waals surface area contributed by atoms with Gasteiger partial charge in [0.1, 0.15) is 17.5 Å². The number of nitrogens with one attached hydrogen (secondary N) is 1. The number of hydrogen-bond donors (Lipinski definition) is 1. The van der Waals surface area contributed by atoms with Crippen molar-refractivity contribution in [3.63, 3.8) is 0 Å². The van der Waals surface area contributed by atoms with E-state index in [1.807, 2.05) is 36.9 Å². The van der Waals surface area contributed by atoms with Crippen molar-refractivity contribution in [3.8, 4) is 0 Å². The number of halogens is 3. The molecule has 0 saturated carbocycles. The minimum atomic E-state index is -1.61. The fraction of sp³-hybridized carbons (Fsp3) is 0.389. The predicted molar refractivity (Wildman–Crippen MR) is 100 cm³/mol. The molecule has 1 saturated heterocycles. The van der Waals surface area contributed by atoms with Gasteiger partial charge in [-0.25, -0.2) is 27.9 Å². The molecule has 1 N–H and O–H groups in total. The van der Waals surface area contributed by atoms with Crippen molar-refractivity contribution < 1.29 is 18.0 Å². The SMILES string of the molecule is Cc1nc(N(C)C)cc(N2CCN(C(=O)Nc3ccc(F)c(F)c3F)CC2)n1. The summed E-state index contributed by atoms with van der Waals surface area (Å²) in [6, 6.07) is 3.07. The zero-order chi connectivity index (χ0) is 20.4. The second-order valence-corrected chi connectivity index (χ2v) is 6.65. The molecule has 150 valence electrons. The van der Waals surface area contributed by atoms with E-state index in [4.69, 9.17) is 0 Å². The first-order valence-electron chi connectivity index (χ1n) is 8.73. The Bertz CT molecular complexity index is 884. The van der Waals surface area contributed by atoms with Crippen molar-refractivity contribution >= 4 is 23.4 Å². The van der Waals surface area contributed by atoms with E-state index >= 15 is 0 Å². The molecule has 3 rings (SSSR count). The number of hydrogen-bond acceptors (Lipinski definition) is 5. The fourth-order valence-corrected chi connectivity index (χ4v) is 2.88. The van der Waals surface area contributed by atoms with E-state index < -0.39 is 29.2 Å². The Hall–Kier alpha value is -3.04. The summed E-state index contributed by atoms with van der Waals surface area (Å²) in [5.41, 5.74) is -0.395. The third kappa shape index (κ3) is 4.10. The Morgan fingerprint density at radius 1 is 1.07 bits per heavy atom. The van der Waals surface area contributed by atoms with Crippen LogP contribution in [0.3, 0.4) is 0 Å². The van der Waals surface area contributed by atoms with Crippen molar-refractivity contribution in [2.75, 3.05) is 55.4 Å². The molecule has 0 aliphatic carbocycles. The van der Waals surface area contributed by atoms with Crippen LogP contribution in [0.2, 0.25) is 0 Å². The number of aromatic nitrogens is 2. The molecule has 1 aliphatic heterocycles. The van der Waals surface area contributed by atoms with E-state index in [1.54, 1.807) is 0 Å². The molecule has 7 nitrogen and oxygen atoms in total. The van der Waals surface area contributed by atoms with Crippen molar-refractivity contribution in [1.29, 1.82) is 0 Å². The van der Waals surface area contributed by atoms with Gasteiger partial charge in [-0.3, -0.25) is 0 Å². The molecule has 1 aliphatic rings. The summed E-state index contributed by atoms with van der Waals surface area (Å²) in [6.45, 7) is 3.61. The second kappa shape index (κ2) is 7.91. The Morgan fingerprint density at radius 3 is 2.39 bits per heavy atom. The van der Waals surface area contributed by atoms with Gasteiger partial charge in [0.2, 0.25) is 0 Å². The van der Waals surface area contributed by atoms with Gasteiger partial charge in [-0.1, -0.05) is 0 Å². The Kier molecular flexibility index (Phi) is 5.57. The number of aryl methyl sites for hydroxylation is 1. The van der Waals surface area contributed by atoms with Crippen LogP contribution in [0.4, 0.5) is 35.3 Å². The van der Waals surface area contributed by atoms with Gasteiger partial charge in [-0.2, -0.15) is 0 Å². The van der Waals surface area contributed by atoms with E-state index in [2.05, 4.69) is 15.3 Å². The number of carbonyl (C=O) groups excluding carboxylic acids is 1. The maximum atomic E-state index is 13.7. The van der Waals surface area contributed by atoms with Crippen LogP contribution in [0.5, 0.6) is 0 Å². The molecule has 1 fully saturated rings. The zero-order valence-electron chi connectivity index (χ0n) is 15.8. The van der Waals surface area contributed by atoms with E-state index in [1.165, 1.54) is 4.90 Å². The third-order valence-electron chi connectivity index (χ3n) is 4.44. The summed E-state index contributed by atoms with van der Waals surface area (Å²) in [7, 11) is 3.79. The van der Waals surface area contributed by atoms with E-state index in [0.717, 1.165) is 23.8 Å². The Labute approximate surface area is 160 Å². The monoisotopic (exact) mass is 394 g/mol. The number of nitrogens with zero attached hydrogens (tertiary/aromatic N) is 5. The Morgan fingerprint density at radius 2 is 1.75 bits per heavy atom. The number of rotatable bonds is 3. The van der Waals surface area contributed by atoms with E-state index in [-0.39, 0.29) is 0 Å². The fourth-order valence-electron chi connectivity index (χ4n) is 2.88. The summed E-state index contributed by atoms with van der Waals surface area (Å²) >= 11 is 0. The van der Waals surface area contributed by atoms with Crippen LogP contribution in [0.1, 0.15) is 5.82 Å². The highest BCUT2D eigenvalue weighted by Crippen LogP contribution is 2.22. The van der Waals surface area contributed by atoms with Crippen molar-refractivity contribution in [3.05, 3.63) is 41.5 Å². The maximum Gasteiger partial charge on any atom is 0.322 e. The Balaban J connectivity index is 1.64. The van der Waals surface area contributed by atoms with Crippen LogP contribution in [0, 0.1) is 24.4 Å². The number of carbonyl (C=O) groups is 1. The van der Waals surface area contributed by atoms with Gasteiger partial charge >= 0.3 is 6.03 Å². The molecule has 2 aromatic rings. The molecule has 0 spiro atoms. The first-order chi connectivity index (χ1) is 13.3. The molecule has 1 aromatic heterocycles. The summed E-state index contributed by atoms with van der Waals surface area (Å²) in [5.74, 6) is -2.13. The summed E-state index contributed by atoms with van der Waals surface area (Å²) < 4.78 is 40.1. The molecule has 2 amide bonds. The van der Waals surface area contributed by atoms with Crippen molar-refractivity contribution in [2.24, 2.45) is 0 Å². The molecule has 28 heavy (non-hydrogen) atoms. The highest BCUT2D eigenvalue weighted by molar-refractivity contribution is 5.89. The van der Waals surface area contributed by atoms with Gasteiger partial charge in [-0.15, -0.1) is 0 Å². The molecule has 0 unspecified atom stereocenters. The quantitative estimate of drug-likeness (QED) is 0.811. The minimum absolute atomic E-state index is 0.372. The van der Waals surface area contributed by atoms with Crippen LogP contribution < -0.4 is 15.1 Å². The lowest BCUT2D eigenvalue weighted by molar-refractivity contribution is 0.208. The van der Waals surface area contributed by atoms with Crippen LogP contribution in [-0.2, 0) is 0 Å². The molecule has 0 atom stereocenters. The average molecular weight is 394 g/mol. The average Bonchev–Trinajstić information content (AvgIpc) is 2.68. The van der Waals surface area contributed by atoms with Gasteiger partial charge in [0.25, 0.3) is 0 Å². The van der Waals surface area contributed by atoms with Crippen LogP contribution in [0.25, 0.3) is 0 Å². The second-order valence-electron chi connectivity index (χ2n) is 6.65. The van der Waals surface area contributed by atoms with Gasteiger partial charge in [0.15, 0.2) is 17.5 Å². The van der Waals surface area contributed by atoms with Gasteiger partial charge in [-0.05, 0) is 19.1 Å². The molecule has 1 aromatic carbocycles. The predicted octanol–water partition coefficient (Wildman–Crippen LogP) is 2.62. The first-order valence-corrected chi connectivity index (χ1v) is 8.73. The number of urea groups is 1. The number of benzene rings is 1. The summed E-state index contributed by atoms with van der Waals surface area (Å²) in [4.78, 5) is 26.6. The maximum absolute atomic E-state index is 13.7. The number of piperazine rings is 1. The molecular weight excluding hydrogens is 373 g/mol. The number of amides is 2. The highest BCUT2D eigenvalue weighted by atomic mass is 19.2. The smallest absolute Gasteiger partial charge is 0.322 e. The normalized spacial score (nSPS) is 14.2. The largest absolute Gasteiger partial charge is 0.363 e. The van der Waals surface area contributed by atoms with Gasteiger partial charge in [0, 0.05) is 46.3 Å². The van der Waals surface area contributed by atoms with E-state index in [0.29, 0.717) is 32.0 Å². The van der Waals surface area contributed by atoms with Crippen LogP contribution in [-0.4, -0.2) is 61.2 Å². The minimum Gasteiger partial charge on any atom is -0.363 e. The van der Waals surface area contributed by atoms with E-state index in [9.17, 15) is 18.0 Å². The number of anilines is 3. The lowest BCUT2D eigenvalue weighted by Gasteiger charge is -2.35. The molecule has 0 bridgehead atoms. The molecule has 0 radical (unpaired) electrons. The van der Waals surface area contributed by atoms with Crippen molar-refractivity contribution in [1.82, 2.24) is 14.9 Å². The van der Waals surface area contributed by atoms with Crippen LogP contribution >= 0.6 is 0 Å². The summed E-state index contributed by atoms with van der Waals surface area (Å²) in [5, 5.41) is 2.29. The highest BCUT2D eigenvalue weighted by Gasteiger charge is 2.24. The molecule has 10 heteroatoms. The zero-order valence-corrected chi connectivity index (χ0v) is 15.8. The lowest BCUT2D eigenvalue weighted by Crippen LogP contribution is -2.50. The van der Waals surface area contributed by atoms with Gasteiger partial charge < -0.3 is 20.0 Å².